The molecule has 8 nitrogen and oxygen atoms in total. The molecule has 0 aliphatic carbocycles. The minimum atomic E-state index is -3.90. The summed E-state index contributed by atoms with van der Waals surface area (Å²) in [6.45, 7) is 14.2. The van der Waals surface area contributed by atoms with Gasteiger partial charge in [-0.1, -0.05) is 27.2 Å². The maximum absolute atomic E-state index is 11.1. The lowest BCUT2D eigenvalue weighted by atomic mass is 9.96. The van der Waals surface area contributed by atoms with E-state index in [1.54, 1.807) is 21.0 Å². The first kappa shape index (κ1) is 42.2. The number of nitrogens with two attached hydrogens (primary N) is 2. The number of carbonyl (C=O) groups is 1. The molecular weight excluding hydrogens is 451 g/mol. The van der Waals surface area contributed by atoms with Crippen molar-refractivity contribution in [3.05, 3.63) is 0 Å². The molecule has 10 heteroatoms. The topological polar surface area (TPSA) is 145 Å². The third-order valence-corrected chi connectivity index (χ3v) is 6.09. The molecule has 0 saturated heterocycles. The molecule has 0 aromatic heterocycles. The standard InChI is InChI=1S/C16H36NO4PS.C3H8.CH5N.CH4O.CH2O/c1-6-16(4,20-5)12-8-10-14-23-13-9-7-11-15(2,3)21-22(17,18)19;1-3-2;3*1-2/h6-14H2,1-5H3,(H3,17,18,19);3H2,1-2H3;2H2,1H3;2H,1H3;1H2. The lowest BCUT2D eigenvalue weighted by Gasteiger charge is -2.26. The smallest absolute Gasteiger partial charge is 0.400 e. The second-order valence-corrected chi connectivity index (χ2v) is 10.2. The van der Waals surface area contributed by atoms with Crippen molar-refractivity contribution in [3.8, 4) is 0 Å². The van der Waals surface area contributed by atoms with E-state index in [2.05, 4.69) is 33.4 Å². The Kier molecular flexibility index (Phi) is 38.3. The maximum atomic E-state index is 11.1. The number of unbranched alkanes of at least 4 members (excludes halogenated alkanes) is 2. The van der Waals surface area contributed by atoms with Gasteiger partial charge in [0.1, 0.15) is 6.79 Å². The zero-order valence-corrected chi connectivity index (χ0v) is 24.0. The van der Waals surface area contributed by atoms with Gasteiger partial charge in [0, 0.05) is 14.2 Å². The van der Waals surface area contributed by atoms with Crippen LogP contribution >= 0.6 is 19.5 Å². The average molecular weight is 507 g/mol. The Bertz CT molecular complexity index is 395. The first-order valence-corrected chi connectivity index (χ1v) is 14.0. The van der Waals surface area contributed by atoms with E-state index >= 15 is 0 Å². The van der Waals surface area contributed by atoms with Crippen LogP contribution in [-0.2, 0) is 18.6 Å². The highest BCUT2D eigenvalue weighted by Gasteiger charge is 2.26. The van der Waals surface area contributed by atoms with Crippen LogP contribution in [0.5, 0.6) is 0 Å². The molecule has 0 heterocycles. The molecule has 0 radical (unpaired) electrons. The summed E-state index contributed by atoms with van der Waals surface area (Å²) in [5, 5.41) is 7.00. The summed E-state index contributed by atoms with van der Waals surface area (Å²) in [5.74, 6) is 2.29. The van der Waals surface area contributed by atoms with E-state index in [0.717, 1.165) is 45.0 Å². The number of hydrogen-bond acceptors (Lipinski definition) is 7. The fraction of sp³-hybridized carbons (Fsp3) is 0.955. The van der Waals surface area contributed by atoms with Gasteiger partial charge >= 0.3 is 7.75 Å². The van der Waals surface area contributed by atoms with Crippen LogP contribution in [-0.4, -0.2) is 60.8 Å². The van der Waals surface area contributed by atoms with Crippen LogP contribution in [0.1, 0.15) is 92.9 Å². The van der Waals surface area contributed by atoms with Crippen molar-refractivity contribution < 1.29 is 28.6 Å². The Hall–Kier alpha value is 0.01000. The Balaban J connectivity index is -0.000000235. The Morgan fingerprint density at radius 2 is 1.31 bits per heavy atom. The third-order valence-electron chi connectivity index (χ3n) is 4.18. The van der Waals surface area contributed by atoms with E-state index in [-0.39, 0.29) is 5.60 Å². The van der Waals surface area contributed by atoms with Crippen molar-refractivity contribution in [2.75, 3.05) is 32.8 Å². The zero-order chi connectivity index (χ0) is 26.7. The van der Waals surface area contributed by atoms with Crippen LogP contribution in [0.3, 0.4) is 0 Å². The summed E-state index contributed by atoms with van der Waals surface area (Å²) in [5.41, 5.74) is 8.94. The molecule has 2 unspecified atom stereocenters. The van der Waals surface area contributed by atoms with E-state index in [1.807, 2.05) is 18.6 Å². The van der Waals surface area contributed by atoms with E-state index in [9.17, 15) is 4.57 Å². The SMILES string of the molecule is C=O.CCC.CCC(C)(CCCCSCCCCC(C)(C)OP(N)(=O)O)OC.CN.CO. The minimum absolute atomic E-state index is 0.0331. The molecule has 0 amide bonds. The summed E-state index contributed by atoms with van der Waals surface area (Å²) in [4.78, 5) is 17.1. The Morgan fingerprint density at radius 3 is 1.62 bits per heavy atom. The van der Waals surface area contributed by atoms with Gasteiger partial charge in [-0.25, -0.2) is 10.1 Å². The van der Waals surface area contributed by atoms with Crippen molar-refractivity contribution in [1.82, 2.24) is 0 Å². The molecule has 32 heavy (non-hydrogen) atoms. The van der Waals surface area contributed by atoms with Gasteiger partial charge in [-0.3, -0.25) is 4.52 Å². The van der Waals surface area contributed by atoms with Crippen molar-refractivity contribution in [3.63, 3.8) is 0 Å². The molecule has 0 spiro atoms. The van der Waals surface area contributed by atoms with Gasteiger partial charge in [-0.05, 0) is 84.3 Å². The second-order valence-electron chi connectivity index (χ2n) is 7.66. The summed E-state index contributed by atoms with van der Waals surface area (Å²) in [6.07, 6.45) is 8.63. The molecule has 0 rings (SSSR count). The molecular formula is C22H55N2O6PS. The van der Waals surface area contributed by atoms with Gasteiger partial charge in [-0.15, -0.1) is 0 Å². The summed E-state index contributed by atoms with van der Waals surface area (Å²) < 4.78 is 21.6. The van der Waals surface area contributed by atoms with E-state index in [0.29, 0.717) is 0 Å². The molecule has 0 aliphatic heterocycles. The average Bonchev–Trinajstić information content (AvgIpc) is 2.75. The lowest BCUT2D eigenvalue weighted by Crippen LogP contribution is -2.25. The first-order chi connectivity index (χ1) is 14.9. The van der Waals surface area contributed by atoms with Crippen molar-refractivity contribution in [1.29, 1.82) is 0 Å². The summed E-state index contributed by atoms with van der Waals surface area (Å²) in [6, 6.07) is 0. The highest BCUT2D eigenvalue weighted by molar-refractivity contribution is 7.99. The van der Waals surface area contributed by atoms with Crippen LogP contribution in [0.15, 0.2) is 0 Å². The van der Waals surface area contributed by atoms with Crippen molar-refractivity contribution in [2.24, 2.45) is 11.2 Å². The Morgan fingerprint density at radius 1 is 0.938 bits per heavy atom. The molecule has 200 valence electrons. The van der Waals surface area contributed by atoms with Crippen molar-refractivity contribution in [2.45, 2.75) is 104 Å². The predicted octanol–water partition coefficient (Wildman–Crippen LogP) is 5.14. The number of thioether (sulfide) groups is 1. The molecule has 0 fully saturated rings. The van der Waals surface area contributed by atoms with Gasteiger partial charge in [0.2, 0.25) is 0 Å². The van der Waals surface area contributed by atoms with Gasteiger partial charge in [0.05, 0.1) is 11.2 Å². The normalized spacial score (nSPS) is 13.8. The molecule has 0 bridgehead atoms. The Labute approximate surface area is 203 Å². The van der Waals surface area contributed by atoms with Gasteiger partial charge in [-0.2, -0.15) is 11.8 Å². The first-order valence-electron chi connectivity index (χ1n) is 11.2. The number of aliphatic hydroxyl groups excluding tert-OH is 1. The minimum Gasteiger partial charge on any atom is -0.400 e. The fourth-order valence-corrected chi connectivity index (χ4v) is 4.20. The molecule has 6 N–H and O–H groups in total. The number of methoxy groups -OCH3 is 1. The number of rotatable bonds is 14. The summed E-state index contributed by atoms with van der Waals surface area (Å²) in [7, 11) is 0.399. The summed E-state index contributed by atoms with van der Waals surface area (Å²) >= 11 is 1.97. The predicted molar refractivity (Wildman–Crippen MR) is 141 cm³/mol. The molecule has 0 aromatic carbocycles. The number of aliphatic hydroxyl groups is 1. The number of carbonyl (C=O) groups excluding carboxylic acids is 1. The molecule has 0 aromatic rings. The highest BCUT2D eigenvalue weighted by atomic mass is 32.2. The molecule has 0 saturated carbocycles. The zero-order valence-electron chi connectivity index (χ0n) is 22.3. The largest absolute Gasteiger partial charge is 0.400 e. The number of ether oxygens (including phenoxy) is 1. The van der Waals surface area contributed by atoms with E-state index in [4.69, 9.17) is 29.6 Å². The van der Waals surface area contributed by atoms with Crippen LogP contribution in [0, 0.1) is 0 Å². The van der Waals surface area contributed by atoms with Gasteiger partial charge in [0.15, 0.2) is 0 Å². The second kappa shape index (κ2) is 29.0. The van der Waals surface area contributed by atoms with Crippen LogP contribution in [0.2, 0.25) is 0 Å². The fourth-order valence-electron chi connectivity index (χ4n) is 2.38. The van der Waals surface area contributed by atoms with Gasteiger partial charge < -0.3 is 25.3 Å². The third kappa shape index (κ3) is 37.3. The monoisotopic (exact) mass is 506 g/mol. The van der Waals surface area contributed by atoms with E-state index in [1.165, 1.54) is 32.1 Å². The van der Waals surface area contributed by atoms with Crippen molar-refractivity contribution >= 4 is 26.3 Å². The number of hydrogen-bond donors (Lipinski definition) is 4. The van der Waals surface area contributed by atoms with Gasteiger partial charge in [0.25, 0.3) is 0 Å². The quantitative estimate of drug-likeness (QED) is 0.186. The van der Waals surface area contributed by atoms with Crippen LogP contribution < -0.4 is 11.2 Å². The van der Waals surface area contributed by atoms with Crippen LogP contribution in [0.4, 0.5) is 0 Å². The van der Waals surface area contributed by atoms with E-state index < -0.39 is 13.3 Å². The molecule has 0 aliphatic rings. The highest BCUT2D eigenvalue weighted by Crippen LogP contribution is 2.39. The maximum Gasteiger partial charge on any atom is 0.400 e. The van der Waals surface area contributed by atoms with Crippen LogP contribution in [0.25, 0.3) is 0 Å². The molecule has 2 atom stereocenters. The lowest BCUT2D eigenvalue weighted by molar-refractivity contribution is -0.0980.